The standard InChI is InChI=1S/C14H19BrFN/c1-17(13-6-4-12(16)5-7-13)11-14(10-15)8-2-3-9-14/h4-7H,2-3,8-11H2,1H3. The lowest BCUT2D eigenvalue weighted by atomic mass is 9.88. The highest BCUT2D eigenvalue weighted by molar-refractivity contribution is 9.09. The summed E-state index contributed by atoms with van der Waals surface area (Å²) in [7, 11) is 2.09. The van der Waals surface area contributed by atoms with Crippen molar-refractivity contribution in [1.29, 1.82) is 0 Å². The Labute approximate surface area is 111 Å². The van der Waals surface area contributed by atoms with Gasteiger partial charge in [0.1, 0.15) is 5.82 Å². The van der Waals surface area contributed by atoms with Crippen LogP contribution in [0, 0.1) is 11.2 Å². The molecule has 17 heavy (non-hydrogen) atoms. The number of hydrogen-bond acceptors (Lipinski definition) is 1. The predicted molar refractivity (Wildman–Crippen MR) is 74.4 cm³/mol. The van der Waals surface area contributed by atoms with Crippen LogP contribution in [0.3, 0.4) is 0 Å². The molecule has 0 atom stereocenters. The molecule has 3 heteroatoms. The topological polar surface area (TPSA) is 3.24 Å². The Hall–Kier alpha value is -0.570. The van der Waals surface area contributed by atoms with Gasteiger partial charge >= 0.3 is 0 Å². The van der Waals surface area contributed by atoms with Gasteiger partial charge in [0.15, 0.2) is 0 Å². The highest BCUT2D eigenvalue weighted by atomic mass is 79.9. The van der Waals surface area contributed by atoms with Gasteiger partial charge in [-0.15, -0.1) is 0 Å². The SMILES string of the molecule is CN(CC1(CBr)CCCC1)c1ccc(F)cc1. The molecule has 0 aliphatic heterocycles. The summed E-state index contributed by atoms with van der Waals surface area (Å²) in [5, 5.41) is 1.06. The average Bonchev–Trinajstić information content (AvgIpc) is 2.79. The van der Waals surface area contributed by atoms with Gasteiger partial charge in [-0.2, -0.15) is 0 Å². The normalized spacial score (nSPS) is 18.3. The van der Waals surface area contributed by atoms with E-state index in [-0.39, 0.29) is 5.82 Å². The predicted octanol–water partition coefficient (Wildman–Crippen LogP) is 4.22. The first kappa shape index (κ1) is 12.9. The van der Waals surface area contributed by atoms with Gasteiger partial charge in [-0.05, 0) is 42.5 Å². The first-order valence-corrected chi connectivity index (χ1v) is 7.30. The molecule has 0 N–H and O–H groups in total. The van der Waals surface area contributed by atoms with Crippen molar-refractivity contribution in [3.05, 3.63) is 30.1 Å². The van der Waals surface area contributed by atoms with Gasteiger partial charge < -0.3 is 4.90 Å². The van der Waals surface area contributed by atoms with E-state index >= 15 is 0 Å². The van der Waals surface area contributed by atoms with E-state index in [1.54, 1.807) is 0 Å². The second-order valence-electron chi connectivity index (χ2n) is 5.17. The molecule has 0 amide bonds. The number of hydrogen-bond donors (Lipinski definition) is 0. The van der Waals surface area contributed by atoms with Crippen LogP contribution >= 0.6 is 15.9 Å². The number of nitrogens with zero attached hydrogens (tertiary/aromatic N) is 1. The zero-order valence-corrected chi connectivity index (χ0v) is 11.8. The first-order valence-electron chi connectivity index (χ1n) is 6.18. The summed E-state index contributed by atoms with van der Waals surface area (Å²) >= 11 is 3.66. The van der Waals surface area contributed by atoms with Crippen LogP contribution in [0.5, 0.6) is 0 Å². The maximum atomic E-state index is 12.9. The molecule has 0 radical (unpaired) electrons. The number of benzene rings is 1. The molecule has 2 rings (SSSR count). The van der Waals surface area contributed by atoms with Gasteiger partial charge in [-0.25, -0.2) is 4.39 Å². The summed E-state index contributed by atoms with van der Waals surface area (Å²) in [6.45, 7) is 1.05. The monoisotopic (exact) mass is 299 g/mol. The molecular formula is C14H19BrFN. The summed E-state index contributed by atoms with van der Waals surface area (Å²) in [6, 6.07) is 6.76. The van der Waals surface area contributed by atoms with E-state index in [0.717, 1.165) is 17.6 Å². The molecule has 0 bridgehead atoms. The lowest BCUT2D eigenvalue weighted by molar-refractivity contribution is 0.356. The average molecular weight is 300 g/mol. The highest BCUT2D eigenvalue weighted by Crippen LogP contribution is 2.40. The van der Waals surface area contributed by atoms with Gasteiger partial charge in [0, 0.05) is 24.6 Å². The molecule has 1 fully saturated rings. The Morgan fingerprint density at radius 3 is 2.35 bits per heavy atom. The minimum atomic E-state index is -0.168. The minimum Gasteiger partial charge on any atom is -0.374 e. The number of anilines is 1. The fourth-order valence-corrected chi connectivity index (χ4v) is 3.49. The van der Waals surface area contributed by atoms with Crippen molar-refractivity contribution in [2.45, 2.75) is 25.7 Å². The van der Waals surface area contributed by atoms with E-state index in [1.807, 2.05) is 12.1 Å². The molecule has 1 nitrogen and oxygen atoms in total. The van der Waals surface area contributed by atoms with Gasteiger partial charge in [0.2, 0.25) is 0 Å². The van der Waals surface area contributed by atoms with Crippen molar-refractivity contribution >= 4 is 21.6 Å². The van der Waals surface area contributed by atoms with Crippen LogP contribution in [0.25, 0.3) is 0 Å². The third-order valence-corrected chi connectivity index (χ3v) is 4.98. The third-order valence-electron chi connectivity index (χ3n) is 3.79. The summed E-state index contributed by atoms with van der Waals surface area (Å²) < 4.78 is 12.9. The van der Waals surface area contributed by atoms with Gasteiger partial charge in [0.05, 0.1) is 0 Å². The maximum Gasteiger partial charge on any atom is 0.123 e. The largest absolute Gasteiger partial charge is 0.374 e. The molecule has 94 valence electrons. The van der Waals surface area contributed by atoms with Crippen molar-refractivity contribution in [2.24, 2.45) is 5.41 Å². The van der Waals surface area contributed by atoms with E-state index in [1.165, 1.54) is 37.8 Å². The molecule has 1 aliphatic carbocycles. The molecule has 1 saturated carbocycles. The van der Waals surface area contributed by atoms with Gasteiger partial charge in [0.25, 0.3) is 0 Å². The van der Waals surface area contributed by atoms with E-state index in [2.05, 4.69) is 27.9 Å². The van der Waals surface area contributed by atoms with Crippen LogP contribution in [0.15, 0.2) is 24.3 Å². The van der Waals surface area contributed by atoms with Crippen molar-refractivity contribution in [3.63, 3.8) is 0 Å². The number of alkyl halides is 1. The molecule has 0 unspecified atom stereocenters. The van der Waals surface area contributed by atoms with Crippen LogP contribution in [0.1, 0.15) is 25.7 Å². The highest BCUT2D eigenvalue weighted by Gasteiger charge is 2.33. The molecule has 0 aromatic heterocycles. The molecule has 0 saturated heterocycles. The fraction of sp³-hybridized carbons (Fsp3) is 0.571. The summed E-state index contributed by atoms with van der Waals surface area (Å²) in [5.74, 6) is -0.168. The lowest BCUT2D eigenvalue weighted by Gasteiger charge is -2.33. The Morgan fingerprint density at radius 1 is 1.24 bits per heavy atom. The van der Waals surface area contributed by atoms with Crippen molar-refractivity contribution in [2.75, 3.05) is 23.8 Å². The fourth-order valence-electron chi connectivity index (χ4n) is 2.75. The zero-order chi connectivity index (χ0) is 12.3. The summed E-state index contributed by atoms with van der Waals surface area (Å²) in [6.07, 6.45) is 5.26. The van der Waals surface area contributed by atoms with Crippen molar-refractivity contribution in [3.8, 4) is 0 Å². The maximum absolute atomic E-state index is 12.9. The molecule has 1 aromatic carbocycles. The minimum absolute atomic E-state index is 0.168. The Bertz CT molecular complexity index is 357. The van der Waals surface area contributed by atoms with Crippen LogP contribution < -0.4 is 4.90 Å². The van der Waals surface area contributed by atoms with Gasteiger partial charge in [-0.3, -0.25) is 0 Å². The van der Waals surface area contributed by atoms with Crippen molar-refractivity contribution < 1.29 is 4.39 Å². The second kappa shape index (κ2) is 5.38. The third kappa shape index (κ3) is 3.01. The molecular weight excluding hydrogens is 281 g/mol. The quantitative estimate of drug-likeness (QED) is 0.753. The van der Waals surface area contributed by atoms with Crippen LogP contribution in [0.2, 0.25) is 0 Å². The Morgan fingerprint density at radius 2 is 1.82 bits per heavy atom. The van der Waals surface area contributed by atoms with E-state index in [4.69, 9.17) is 0 Å². The lowest BCUT2D eigenvalue weighted by Crippen LogP contribution is -2.35. The number of halogens is 2. The summed E-state index contributed by atoms with van der Waals surface area (Å²) in [4.78, 5) is 2.24. The summed E-state index contributed by atoms with van der Waals surface area (Å²) in [5.41, 5.74) is 1.50. The second-order valence-corrected chi connectivity index (χ2v) is 5.73. The molecule has 0 spiro atoms. The van der Waals surface area contributed by atoms with Crippen LogP contribution in [-0.2, 0) is 0 Å². The smallest absolute Gasteiger partial charge is 0.123 e. The Balaban J connectivity index is 2.05. The van der Waals surface area contributed by atoms with E-state index in [0.29, 0.717) is 5.41 Å². The van der Waals surface area contributed by atoms with Crippen molar-refractivity contribution in [1.82, 2.24) is 0 Å². The van der Waals surface area contributed by atoms with E-state index < -0.39 is 0 Å². The van der Waals surface area contributed by atoms with Crippen LogP contribution in [-0.4, -0.2) is 18.9 Å². The zero-order valence-electron chi connectivity index (χ0n) is 10.3. The molecule has 1 aliphatic rings. The van der Waals surface area contributed by atoms with E-state index in [9.17, 15) is 4.39 Å². The molecule has 1 aromatic rings. The Kier molecular flexibility index (Phi) is 4.08. The number of rotatable bonds is 4. The van der Waals surface area contributed by atoms with Gasteiger partial charge in [-0.1, -0.05) is 28.8 Å². The first-order chi connectivity index (χ1) is 8.15. The molecule has 0 heterocycles. The van der Waals surface area contributed by atoms with Crippen LogP contribution in [0.4, 0.5) is 10.1 Å².